The molecule has 0 radical (unpaired) electrons. The van der Waals surface area contributed by atoms with Crippen LogP contribution in [0, 0.1) is 34.2 Å². The zero-order chi connectivity index (χ0) is 27.8. The minimum atomic E-state index is -2.89. The Labute approximate surface area is 183 Å². The molecule has 1 unspecified atom stereocenters. The van der Waals surface area contributed by atoms with Gasteiger partial charge in [-0.3, -0.25) is 0 Å². The Hall–Kier alpha value is -3.12. The first-order chi connectivity index (χ1) is 16.9. The number of aryl methyl sites for hydroxylation is 2. The summed E-state index contributed by atoms with van der Waals surface area (Å²) in [5, 5.41) is 1.45. The molecule has 0 amide bonds. The van der Waals surface area contributed by atoms with Gasteiger partial charge in [-0.25, -0.2) is 4.85 Å². The molecule has 0 saturated heterocycles. The summed E-state index contributed by atoms with van der Waals surface area (Å²) in [6.07, 6.45) is 0. The van der Waals surface area contributed by atoms with Crippen molar-refractivity contribution < 1.29 is 20.0 Å². The lowest BCUT2D eigenvalue weighted by atomic mass is 9.93. The van der Waals surface area contributed by atoms with E-state index in [-0.39, 0.29) is 28.6 Å². The van der Waals surface area contributed by atoms with Crippen LogP contribution in [-0.4, -0.2) is 0 Å². The number of furan rings is 1. The second-order valence-electron chi connectivity index (χ2n) is 7.50. The van der Waals surface area contributed by atoms with Crippen LogP contribution in [0.1, 0.15) is 58.6 Å². The molecule has 146 valence electrons. The van der Waals surface area contributed by atoms with Crippen molar-refractivity contribution in [2.24, 2.45) is 7.05 Å². The van der Waals surface area contributed by atoms with Crippen LogP contribution in [0.2, 0.25) is 0 Å². The summed E-state index contributed by atoms with van der Waals surface area (Å²) in [7, 11) is 1.62. The lowest BCUT2D eigenvalue weighted by Crippen LogP contribution is -2.36. The number of benzene rings is 2. The summed E-state index contributed by atoms with van der Waals surface area (Å²) in [6, 6.07) is 7.02. The van der Waals surface area contributed by atoms with Crippen LogP contribution in [0.5, 0.6) is 0 Å². The van der Waals surface area contributed by atoms with Crippen LogP contribution >= 0.6 is 0 Å². The Kier molecular flexibility index (Phi) is 2.74. The molecular formula is C26H27N2O+. The van der Waals surface area contributed by atoms with E-state index in [0.29, 0.717) is 33.4 Å². The van der Waals surface area contributed by atoms with Gasteiger partial charge in [-0.2, -0.15) is 4.57 Å². The first kappa shape index (κ1) is 11.8. The molecule has 0 spiro atoms. The van der Waals surface area contributed by atoms with E-state index in [2.05, 4.69) is 4.85 Å². The second kappa shape index (κ2) is 6.74. The SMILES string of the molecule is [2H]c1c(C([2H])(C)C([2H])([2H])[2H])c(C([2H])([2H])[2H])c(C)[n+](C)c1-c1c(C)ccc2c1oc1c([N+]#[C-])cc(C)cc12. The predicted octanol–water partition coefficient (Wildman–Crippen LogP) is 6.99. The van der Waals surface area contributed by atoms with Gasteiger partial charge in [0, 0.05) is 38.9 Å². The molecule has 0 aliphatic rings. The van der Waals surface area contributed by atoms with Gasteiger partial charge in [-0.1, -0.05) is 37.5 Å². The van der Waals surface area contributed by atoms with Crippen LogP contribution in [0.3, 0.4) is 0 Å². The van der Waals surface area contributed by atoms with E-state index in [4.69, 9.17) is 22.0 Å². The maximum absolute atomic E-state index is 9.17. The highest BCUT2D eigenvalue weighted by Gasteiger charge is 2.25. The first-order valence-electron chi connectivity index (χ1n) is 13.3. The van der Waals surface area contributed by atoms with E-state index < -0.39 is 19.6 Å². The van der Waals surface area contributed by atoms with Crippen molar-refractivity contribution in [3.63, 3.8) is 0 Å². The van der Waals surface area contributed by atoms with Gasteiger partial charge >= 0.3 is 0 Å². The van der Waals surface area contributed by atoms with Gasteiger partial charge in [0.25, 0.3) is 0 Å². The third-order valence-corrected chi connectivity index (χ3v) is 5.50. The molecule has 4 aromatic rings. The average Bonchev–Trinajstić information content (AvgIpc) is 3.13. The average molecular weight is 392 g/mol. The van der Waals surface area contributed by atoms with Crippen molar-refractivity contribution in [3.05, 3.63) is 69.7 Å². The van der Waals surface area contributed by atoms with Crippen LogP contribution in [0.25, 0.3) is 38.0 Å². The Bertz CT molecular complexity index is 1640. The normalized spacial score (nSPS) is 18.5. The molecule has 2 heterocycles. The van der Waals surface area contributed by atoms with E-state index >= 15 is 0 Å². The largest absolute Gasteiger partial charge is 0.466 e. The van der Waals surface area contributed by atoms with Crippen molar-refractivity contribution in [2.45, 2.75) is 47.3 Å². The monoisotopic (exact) mass is 391 g/mol. The minimum absolute atomic E-state index is 0.230. The van der Waals surface area contributed by atoms with E-state index in [0.717, 1.165) is 17.9 Å². The molecule has 3 nitrogen and oxygen atoms in total. The number of pyridine rings is 1. The standard InChI is InChI=1S/C26H27N2O/c1-14(2)20-13-23(28(8)18(6)17(20)5)24-16(4)9-10-19-21-11-15(3)12-22(27-7)25(21)29-26(19)24/h9-14H,1-6,8H3/q+1/i1D3,5D3,13D,14D. The number of hydrogen-bond donors (Lipinski definition) is 0. The van der Waals surface area contributed by atoms with E-state index in [9.17, 15) is 0 Å². The summed E-state index contributed by atoms with van der Waals surface area (Å²) < 4.78 is 74.2. The molecule has 0 bridgehead atoms. The van der Waals surface area contributed by atoms with Gasteiger partial charge in [-0.05, 0) is 43.8 Å². The van der Waals surface area contributed by atoms with Gasteiger partial charge < -0.3 is 4.42 Å². The van der Waals surface area contributed by atoms with Crippen molar-refractivity contribution in [3.8, 4) is 11.3 Å². The third kappa shape index (κ3) is 2.83. The second-order valence-corrected chi connectivity index (χ2v) is 7.50. The maximum Gasteiger partial charge on any atom is 0.229 e. The van der Waals surface area contributed by atoms with E-state index in [1.165, 1.54) is 0 Å². The molecule has 0 saturated carbocycles. The van der Waals surface area contributed by atoms with Gasteiger partial charge in [0.2, 0.25) is 11.4 Å². The molecule has 4 rings (SSSR count). The molecule has 0 fully saturated rings. The number of aromatic nitrogens is 1. The summed E-state index contributed by atoms with van der Waals surface area (Å²) >= 11 is 0. The number of fused-ring (bicyclic) bond motifs is 3. The highest BCUT2D eigenvalue weighted by Crippen LogP contribution is 2.41. The molecule has 0 aliphatic carbocycles. The molecule has 1 atom stereocenters. The molecular weight excluding hydrogens is 356 g/mol. The summed E-state index contributed by atoms with van der Waals surface area (Å²) in [4.78, 5) is 3.61. The molecule has 0 N–H and O–H groups in total. The van der Waals surface area contributed by atoms with Crippen LogP contribution in [0.15, 0.2) is 34.7 Å². The highest BCUT2D eigenvalue weighted by atomic mass is 16.3. The number of hydrogen-bond acceptors (Lipinski definition) is 1. The smallest absolute Gasteiger partial charge is 0.229 e. The maximum atomic E-state index is 9.17. The van der Waals surface area contributed by atoms with Crippen molar-refractivity contribution >= 4 is 27.6 Å². The number of nitrogens with zero attached hydrogens (tertiary/aromatic N) is 2. The zero-order valence-corrected chi connectivity index (χ0v) is 17.1. The molecule has 0 aliphatic heterocycles. The molecule has 29 heavy (non-hydrogen) atoms. The highest BCUT2D eigenvalue weighted by molar-refractivity contribution is 6.13. The lowest BCUT2D eigenvalue weighted by Gasteiger charge is -2.14. The summed E-state index contributed by atoms with van der Waals surface area (Å²) in [6.45, 7) is 8.34. The van der Waals surface area contributed by atoms with Crippen molar-refractivity contribution in [1.82, 2.24) is 0 Å². The van der Waals surface area contributed by atoms with Gasteiger partial charge in [0.15, 0.2) is 5.69 Å². The van der Waals surface area contributed by atoms with Gasteiger partial charge in [0.05, 0.1) is 13.5 Å². The predicted molar refractivity (Wildman–Crippen MR) is 120 cm³/mol. The summed E-state index contributed by atoms with van der Waals surface area (Å²) in [5.74, 6) is -2.37. The topological polar surface area (TPSA) is 21.4 Å². The van der Waals surface area contributed by atoms with E-state index in [1.807, 2.05) is 32.0 Å². The van der Waals surface area contributed by atoms with Gasteiger partial charge in [-0.15, -0.1) is 0 Å². The fourth-order valence-electron chi connectivity index (χ4n) is 3.83. The van der Waals surface area contributed by atoms with Crippen molar-refractivity contribution in [1.29, 1.82) is 0 Å². The Morgan fingerprint density at radius 2 is 2.00 bits per heavy atom. The van der Waals surface area contributed by atoms with Gasteiger partial charge in [0.1, 0.15) is 18.2 Å². The fraction of sp³-hybridized carbons (Fsp3) is 0.308. The summed E-state index contributed by atoms with van der Waals surface area (Å²) in [5.41, 5.74) is 3.05. The Morgan fingerprint density at radius 3 is 2.69 bits per heavy atom. The van der Waals surface area contributed by atoms with E-state index in [1.54, 1.807) is 24.6 Å². The first-order valence-corrected chi connectivity index (χ1v) is 9.32. The lowest BCUT2D eigenvalue weighted by molar-refractivity contribution is -0.667. The molecule has 2 aromatic carbocycles. The quantitative estimate of drug-likeness (QED) is 0.267. The minimum Gasteiger partial charge on any atom is -0.466 e. The van der Waals surface area contributed by atoms with Crippen LogP contribution in [0.4, 0.5) is 5.69 Å². The third-order valence-electron chi connectivity index (χ3n) is 5.50. The van der Waals surface area contributed by atoms with Crippen LogP contribution < -0.4 is 4.57 Å². The Morgan fingerprint density at radius 1 is 1.21 bits per heavy atom. The van der Waals surface area contributed by atoms with Crippen molar-refractivity contribution in [2.75, 3.05) is 0 Å². The van der Waals surface area contributed by atoms with Crippen LogP contribution in [-0.2, 0) is 7.05 Å². The molecule has 3 heteroatoms. The fourth-order valence-corrected chi connectivity index (χ4v) is 3.83. The number of rotatable bonds is 2. The zero-order valence-electron chi connectivity index (χ0n) is 25.1. The molecule has 2 aromatic heterocycles. The Balaban J connectivity index is 2.26.